The van der Waals surface area contributed by atoms with E-state index in [0.29, 0.717) is 16.9 Å². The van der Waals surface area contributed by atoms with Crippen molar-refractivity contribution in [3.63, 3.8) is 0 Å². The van der Waals surface area contributed by atoms with Gasteiger partial charge in [0.25, 0.3) is 10.0 Å². The Kier molecular flexibility index (Phi) is 4.46. The van der Waals surface area contributed by atoms with E-state index in [0.717, 1.165) is 16.9 Å². The summed E-state index contributed by atoms with van der Waals surface area (Å²) in [6.07, 6.45) is 3.57. The van der Waals surface area contributed by atoms with Crippen molar-refractivity contribution in [2.75, 3.05) is 22.8 Å². The topological polar surface area (TPSA) is 75.5 Å². The lowest BCUT2D eigenvalue weighted by atomic mass is 10.1. The molecule has 0 atom stereocenters. The maximum Gasteiger partial charge on any atom is 0.265 e. The zero-order valence-corrected chi connectivity index (χ0v) is 17.6. The number of rotatable bonds is 3. The highest BCUT2D eigenvalue weighted by atomic mass is 32.2. The highest BCUT2D eigenvalue weighted by Gasteiger charge is 2.36. The minimum Gasteiger partial charge on any atom is -0.312 e. The van der Waals surface area contributed by atoms with Crippen LogP contribution in [0, 0.1) is 20.8 Å². The molecule has 0 bridgehead atoms. The van der Waals surface area contributed by atoms with Gasteiger partial charge >= 0.3 is 0 Å². The van der Waals surface area contributed by atoms with Crippen LogP contribution in [0.3, 0.4) is 0 Å². The first-order valence-corrected chi connectivity index (χ1v) is 10.6. The van der Waals surface area contributed by atoms with Gasteiger partial charge < -0.3 is 9.47 Å². The number of carbonyl (C=O) groups is 1. The molecule has 8 heteroatoms. The van der Waals surface area contributed by atoms with Crippen molar-refractivity contribution in [1.82, 2.24) is 9.55 Å². The first-order chi connectivity index (χ1) is 13.7. The summed E-state index contributed by atoms with van der Waals surface area (Å²) in [7, 11) is -2.25. The van der Waals surface area contributed by atoms with Gasteiger partial charge in [-0.25, -0.2) is 13.4 Å². The van der Waals surface area contributed by atoms with Crippen molar-refractivity contribution in [3.8, 4) is 5.69 Å². The van der Waals surface area contributed by atoms with Crippen LogP contribution < -0.4 is 9.21 Å². The SMILES string of the molecule is Cc1cn(-c2ccc(S(=O)(=O)N3CC(=O)N(C)c4cccc(C)c43)c(C)c2)cn1. The summed E-state index contributed by atoms with van der Waals surface area (Å²) < 4.78 is 30.2. The van der Waals surface area contributed by atoms with E-state index in [9.17, 15) is 13.2 Å². The molecule has 150 valence electrons. The summed E-state index contributed by atoms with van der Waals surface area (Å²) in [4.78, 5) is 18.4. The molecule has 0 aliphatic carbocycles. The van der Waals surface area contributed by atoms with Crippen molar-refractivity contribution in [2.24, 2.45) is 0 Å². The number of aromatic nitrogens is 2. The van der Waals surface area contributed by atoms with E-state index in [1.165, 1.54) is 9.21 Å². The summed E-state index contributed by atoms with van der Waals surface area (Å²) in [5.74, 6) is -0.269. The number of fused-ring (bicyclic) bond motifs is 1. The molecule has 4 rings (SSSR count). The number of nitrogens with zero attached hydrogens (tertiary/aromatic N) is 4. The summed E-state index contributed by atoms with van der Waals surface area (Å²) >= 11 is 0. The summed E-state index contributed by atoms with van der Waals surface area (Å²) in [6.45, 7) is 5.28. The molecule has 7 nitrogen and oxygen atoms in total. The van der Waals surface area contributed by atoms with Crippen LogP contribution in [-0.4, -0.2) is 37.5 Å². The molecule has 0 saturated carbocycles. The van der Waals surface area contributed by atoms with Gasteiger partial charge in [0.1, 0.15) is 6.54 Å². The minimum atomic E-state index is -3.92. The lowest BCUT2D eigenvalue weighted by Gasteiger charge is -2.36. The fourth-order valence-corrected chi connectivity index (χ4v) is 5.35. The van der Waals surface area contributed by atoms with Crippen LogP contribution in [0.25, 0.3) is 5.69 Å². The number of anilines is 2. The zero-order valence-electron chi connectivity index (χ0n) is 16.7. The lowest BCUT2D eigenvalue weighted by molar-refractivity contribution is -0.117. The molecule has 0 N–H and O–H groups in total. The van der Waals surface area contributed by atoms with Crippen LogP contribution in [0.1, 0.15) is 16.8 Å². The van der Waals surface area contributed by atoms with Gasteiger partial charge in [-0.1, -0.05) is 12.1 Å². The van der Waals surface area contributed by atoms with E-state index < -0.39 is 10.0 Å². The largest absolute Gasteiger partial charge is 0.312 e. The number of imidazole rings is 1. The van der Waals surface area contributed by atoms with Gasteiger partial charge in [-0.15, -0.1) is 0 Å². The molecule has 1 aromatic heterocycles. The Hall–Kier alpha value is -3.13. The normalized spacial score (nSPS) is 14.3. The monoisotopic (exact) mass is 410 g/mol. The first-order valence-electron chi connectivity index (χ1n) is 9.20. The fraction of sp³-hybridized carbons (Fsp3) is 0.238. The Morgan fingerprint density at radius 1 is 1.03 bits per heavy atom. The third kappa shape index (κ3) is 3.09. The number of likely N-dealkylation sites (N-methyl/N-ethyl adjacent to an activating group) is 1. The van der Waals surface area contributed by atoms with E-state index >= 15 is 0 Å². The predicted octanol–water partition coefficient (Wildman–Crippen LogP) is 2.97. The van der Waals surface area contributed by atoms with Crippen molar-refractivity contribution in [2.45, 2.75) is 25.7 Å². The van der Waals surface area contributed by atoms with Gasteiger partial charge in [-0.05, 0) is 56.2 Å². The maximum absolute atomic E-state index is 13.6. The molecule has 3 aromatic rings. The average molecular weight is 410 g/mol. The zero-order chi connectivity index (χ0) is 20.9. The molecule has 1 amide bonds. The van der Waals surface area contributed by atoms with E-state index in [1.807, 2.05) is 42.8 Å². The number of amides is 1. The number of para-hydroxylation sites is 1. The van der Waals surface area contributed by atoms with Gasteiger partial charge in [0.05, 0.1) is 28.3 Å². The van der Waals surface area contributed by atoms with Gasteiger partial charge in [0.15, 0.2) is 0 Å². The number of carbonyl (C=O) groups excluding carboxylic acids is 1. The second kappa shape index (κ2) is 6.73. The minimum absolute atomic E-state index is 0.185. The van der Waals surface area contributed by atoms with E-state index in [4.69, 9.17) is 0 Å². The Morgan fingerprint density at radius 2 is 1.79 bits per heavy atom. The average Bonchev–Trinajstić information content (AvgIpc) is 3.11. The van der Waals surface area contributed by atoms with Gasteiger partial charge in [-0.2, -0.15) is 0 Å². The quantitative estimate of drug-likeness (QED) is 0.665. The Labute approximate surface area is 170 Å². The number of hydrogen-bond acceptors (Lipinski definition) is 4. The van der Waals surface area contributed by atoms with Crippen molar-refractivity contribution < 1.29 is 13.2 Å². The van der Waals surface area contributed by atoms with Gasteiger partial charge in [0, 0.05) is 18.9 Å². The summed E-state index contributed by atoms with van der Waals surface area (Å²) in [5, 5.41) is 0. The molecular weight excluding hydrogens is 388 g/mol. The van der Waals surface area contributed by atoms with Gasteiger partial charge in [-0.3, -0.25) is 9.10 Å². The summed E-state index contributed by atoms with van der Waals surface area (Å²) in [5.41, 5.74) is 4.25. The molecule has 0 saturated heterocycles. The van der Waals surface area contributed by atoms with E-state index in [-0.39, 0.29) is 17.3 Å². The summed E-state index contributed by atoms with van der Waals surface area (Å²) in [6, 6.07) is 10.6. The van der Waals surface area contributed by atoms with Crippen LogP contribution in [0.2, 0.25) is 0 Å². The molecule has 29 heavy (non-hydrogen) atoms. The second-order valence-electron chi connectivity index (χ2n) is 7.28. The number of benzene rings is 2. The maximum atomic E-state index is 13.6. The third-order valence-electron chi connectivity index (χ3n) is 5.22. The second-order valence-corrected chi connectivity index (χ2v) is 9.11. The lowest BCUT2D eigenvalue weighted by Crippen LogP contribution is -2.47. The fourth-order valence-electron chi connectivity index (χ4n) is 3.65. The molecule has 0 radical (unpaired) electrons. The van der Waals surface area contributed by atoms with Crippen molar-refractivity contribution in [3.05, 3.63) is 65.7 Å². The Bertz CT molecular complexity index is 1230. The Morgan fingerprint density at radius 3 is 2.45 bits per heavy atom. The van der Waals surface area contributed by atoms with Crippen LogP contribution >= 0.6 is 0 Å². The Balaban J connectivity index is 1.82. The molecule has 1 aliphatic heterocycles. The van der Waals surface area contributed by atoms with Crippen molar-refractivity contribution >= 4 is 27.3 Å². The molecular formula is C21H22N4O3S. The van der Waals surface area contributed by atoms with Crippen LogP contribution in [0.15, 0.2) is 53.8 Å². The highest BCUT2D eigenvalue weighted by molar-refractivity contribution is 7.93. The van der Waals surface area contributed by atoms with Crippen LogP contribution in [-0.2, 0) is 14.8 Å². The van der Waals surface area contributed by atoms with E-state index in [1.54, 1.807) is 38.5 Å². The number of hydrogen-bond donors (Lipinski definition) is 0. The molecule has 0 unspecified atom stereocenters. The molecule has 2 heterocycles. The number of sulfonamides is 1. The molecule has 0 spiro atoms. The van der Waals surface area contributed by atoms with Crippen molar-refractivity contribution in [1.29, 1.82) is 0 Å². The standard InChI is InChI=1S/C21H22N4O3S/c1-14-6-5-7-18-21(14)25(12-20(26)23(18)4)29(27,28)19-9-8-17(10-15(19)2)24-11-16(3)22-13-24/h5-11,13H,12H2,1-4H3. The first kappa shape index (κ1) is 19.2. The van der Waals surface area contributed by atoms with Crippen LogP contribution in [0.4, 0.5) is 11.4 Å². The van der Waals surface area contributed by atoms with Gasteiger partial charge in [0.2, 0.25) is 5.91 Å². The van der Waals surface area contributed by atoms with E-state index in [2.05, 4.69) is 4.98 Å². The predicted molar refractivity (Wildman–Crippen MR) is 112 cm³/mol. The smallest absolute Gasteiger partial charge is 0.265 e. The van der Waals surface area contributed by atoms with Crippen LogP contribution in [0.5, 0.6) is 0 Å². The number of aryl methyl sites for hydroxylation is 3. The molecule has 2 aromatic carbocycles. The highest BCUT2D eigenvalue weighted by Crippen LogP contribution is 2.39. The molecule has 0 fully saturated rings. The molecule has 1 aliphatic rings. The third-order valence-corrected chi connectivity index (χ3v) is 7.12.